The fourth-order valence-corrected chi connectivity index (χ4v) is 4.35. The van der Waals surface area contributed by atoms with Crippen LogP contribution < -0.4 is 0 Å². The van der Waals surface area contributed by atoms with Crippen LogP contribution in [0.15, 0.2) is 12.1 Å². The normalized spacial score (nSPS) is 32.2. The first-order valence-electron chi connectivity index (χ1n) is 8.68. The highest BCUT2D eigenvalue weighted by Crippen LogP contribution is 2.39. The Hall–Kier alpha value is -1.57. The number of carbonyl (C=O) groups is 1. The first-order valence-corrected chi connectivity index (χ1v) is 8.68. The molecule has 4 rings (SSSR count). The molecule has 0 bridgehead atoms. The second kappa shape index (κ2) is 6.30. The molecule has 0 amide bonds. The molecule has 3 aliphatic heterocycles. The molecule has 25 heavy (non-hydrogen) atoms. The molecule has 0 aliphatic carbocycles. The van der Waals surface area contributed by atoms with Crippen LogP contribution in [0.25, 0.3) is 0 Å². The number of hydrogen-bond acceptors (Lipinski definition) is 4. The molecule has 7 heteroatoms. The van der Waals surface area contributed by atoms with Crippen LogP contribution in [0.1, 0.15) is 36.4 Å². The minimum absolute atomic E-state index is 0.0598. The summed E-state index contributed by atoms with van der Waals surface area (Å²) in [6, 6.07) is 1.42. The Labute approximate surface area is 144 Å². The second-order valence-electron chi connectivity index (χ2n) is 7.18. The zero-order valence-electron chi connectivity index (χ0n) is 13.8. The van der Waals surface area contributed by atoms with Crippen LogP contribution in [0.5, 0.6) is 0 Å². The number of rotatable bonds is 3. The van der Waals surface area contributed by atoms with Crippen LogP contribution in [-0.2, 0) is 20.7 Å². The molecular weight excluding hydrogens is 332 g/mol. The fraction of sp³-hybridized carbons (Fsp3) is 0.611. The molecule has 1 spiro atoms. The maximum atomic E-state index is 14.0. The molecule has 1 aromatic rings. The van der Waals surface area contributed by atoms with Gasteiger partial charge in [-0.15, -0.1) is 0 Å². The van der Waals surface area contributed by atoms with E-state index in [4.69, 9.17) is 9.47 Å². The van der Waals surface area contributed by atoms with Crippen molar-refractivity contribution in [1.29, 1.82) is 0 Å². The van der Waals surface area contributed by atoms with Gasteiger partial charge in [-0.2, -0.15) is 0 Å². The lowest BCUT2D eigenvalue weighted by molar-refractivity contribution is -0.145. The molecular formula is C18H21F2NO4. The Morgan fingerprint density at radius 2 is 2.20 bits per heavy atom. The summed E-state index contributed by atoms with van der Waals surface area (Å²) >= 11 is 0. The van der Waals surface area contributed by atoms with Crippen molar-refractivity contribution in [3.63, 3.8) is 0 Å². The Balaban J connectivity index is 1.54. The SMILES string of the molecule is O=C(O)C1c2ccc(F)c(F)c2CCN1CC1CCC2(CCOC2)O1. The van der Waals surface area contributed by atoms with E-state index in [0.717, 1.165) is 25.3 Å². The van der Waals surface area contributed by atoms with Crippen LogP contribution in [0.2, 0.25) is 0 Å². The van der Waals surface area contributed by atoms with E-state index in [1.807, 2.05) is 4.90 Å². The van der Waals surface area contributed by atoms with E-state index in [1.165, 1.54) is 6.07 Å². The quantitative estimate of drug-likeness (QED) is 0.904. The molecule has 2 saturated heterocycles. The smallest absolute Gasteiger partial charge is 0.325 e. The minimum Gasteiger partial charge on any atom is -0.480 e. The summed E-state index contributed by atoms with van der Waals surface area (Å²) in [5.74, 6) is -2.91. The molecule has 1 aromatic carbocycles. The third-order valence-electron chi connectivity index (χ3n) is 5.62. The number of carboxylic acid groups (broad SMARTS) is 1. The Kier molecular flexibility index (Phi) is 4.25. The predicted molar refractivity (Wildman–Crippen MR) is 84.3 cm³/mol. The van der Waals surface area contributed by atoms with Gasteiger partial charge in [-0.05, 0) is 36.5 Å². The van der Waals surface area contributed by atoms with Crippen LogP contribution in [0.3, 0.4) is 0 Å². The number of hydrogen-bond donors (Lipinski definition) is 1. The molecule has 0 radical (unpaired) electrons. The summed E-state index contributed by atoms with van der Waals surface area (Å²) < 4.78 is 39.1. The van der Waals surface area contributed by atoms with E-state index in [2.05, 4.69) is 0 Å². The molecule has 0 saturated carbocycles. The van der Waals surface area contributed by atoms with Gasteiger partial charge in [0.2, 0.25) is 0 Å². The van der Waals surface area contributed by atoms with Crippen LogP contribution in [-0.4, -0.2) is 54.0 Å². The third kappa shape index (κ3) is 2.94. The largest absolute Gasteiger partial charge is 0.480 e. The highest BCUT2D eigenvalue weighted by Gasteiger charge is 2.45. The van der Waals surface area contributed by atoms with E-state index < -0.39 is 23.6 Å². The standard InChI is InChI=1S/C18H21F2NO4/c19-14-2-1-13-12(15(14)20)4-7-21(16(13)17(22)23)9-11-3-5-18(25-11)6-8-24-10-18/h1-2,11,16H,3-10H2,(H,22,23). The van der Waals surface area contributed by atoms with Gasteiger partial charge in [0.1, 0.15) is 6.04 Å². The number of carboxylic acids is 1. The van der Waals surface area contributed by atoms with Crippen molar-refractivity contribution >= 4 is 5.97 Å². The number of benzene rings is 1. The fourth-order valence-electron chi connectivity index (χ4n) is 4.35. The second-order valence-corrected chi connectivity index (χ2v) is 7.18. The summed E-state index contributed by atoms with van der Waals surface area (Å²) in [6.45, 7) is 2.14. The van der Waals surface area contributed by atoms with Crippen molar-refractivity contribution in [1.82, 2.24) is 4.90 Å². The lowest BCUT2D eigenvalue weighted by Crippen LogP contribution is -2.44. The van der Waals surface area contributed by atoms with E-state index in [0.29, 0.717) is 38.3 Å². The minimum atomic E-state index is -1.05. The molecule has 3 unspecified atom stereocenters. The van der Waals surface area contributed by atoms with Crippen LogP contribution in [0.4, 0.5) is 8.78 Å². The van der Waals surface area contributed by atoms with Crippen molar-refractivity contribution in [2.24, 2.45) is 0 Å². The van der Waals surface area contributed by atoms with Crippen molar-refractivity contribution in [3.8, 4) is 0 Å². The van der Waals surface area contributed by atoms with Crippen molar-refractivity contribution in [2.75, 3.05) is 26.3 Å². The van der Waals surface area contributed by atoms with Gasteiger partial charge in [0.05, 0.1) is 18.3 Å². The molecule has 5 nitrogen and oxygen atoms in total. The first kappa shape index (κ1) is 16.9. The zero-order valence-corrected chi connectivity index (χ0v) is 13.8. The summed E-state index contributed by atoms with van der Waals surface area (Å²) in [5.41, 5.74) is 0.304. The molecule has 3 atom stereocenters. The van der Waals surface area contributed by atoms with Gasteiger partial charge in [-0.3, -0.25) is 9.69 Å². The van der Waals surface area contributed by atoms with Gasteiger partial charge >= 0.3 is 5.97 Å². The topological polar surface area (TPSA) is 59.0 Å². The Morgan fingerprint density at radius 1 is 1.36 bits per heavy atom. The Bertz CT molecular complexity index is 690. The van der Waals surface area contributed by atoms with Gasteiger partial charge < -0.3 is 14.6 Å². The molecule has 136 valence electrons. The third-order valence-corrected chi connectivity index (χ3v) is 5.62. The van der Waals surface area contributed by atoms with Crippen molar-refractivity contribution in [2.45, 2.75) is 43.4 Å². The van der Waals surface area contributed by atoms with E-state index >= 15 is 0 Å². The van der Waals surface area contributed by atoms with Gasteiger partial charge in [0.25, 0.3) is 0 Å². The van der Waals surface area contributed by atoms with Gasteiger partial charge in [-0.1, -0.05) is 6.07 Å². The van der Waals surface area contributed by atoms with Crippen molar-refractivity contribution < 1.29 is 28.2 Å². The highest BCUT2D eigenvalue weighted by atomic mass is 19.2. The Morgan fingerprint density at radius 3 is 2.92 bits per heavy atom. The summed E-state index contributed by atoms with van der Waals surface area (Å²) in [5, 5.41) is 9.68. The van der Waals surface area contributed by atoms with Crippen LogP contribution in [0, 0.1) is 11.6 Å². The monoisotopic (exact) mass is 353 g/mol. The van der Waals surface area contributed by atoms with Gasteiger partial charge in [0.15, 0.2) is 11.6 Å². The number of nitrogens with zero attached hydrogens (tertiary/aromatic N) is 1. The molecule has 1 N–H and O–H groups in total. The number of aliphatic carboxylic acids is 1. The van der Waals surface area contributed by atoms with E-state index in [1.54, 1.807) is 0 Å². The maximum Gasteiger partial charge on any atom is 0.325 e. The van der Waals surface area contributed by atoms with Crippen molar-refractivity contribution in [3.05, 3.63) is 34.9 Å². The zero-order chi connectivity index (χ0) is 17.6. The highest BCUT2D eigenvalue weighted by molar-refractivity contribution is 5.76. The number of halogens is 2. The molecule has 3 aliphatic rings. The number of ether oxygens (including phenoxy) is 2. The average Bonchev–Trinajstić information content (AvgIpc) is 3.20. The van der Waals surface area contributed by atoms with E-state index in [9.17, 15) is 18.7 Å². The first-order chi connectivity index (χ1) is 12.0. The summed E-state index contributed by atoms with van der Waals surface area (Å²) in [6.07, 6.45) is 2.88. The lowest BCUT2D eigenvalue weighted by Gasteiger charge is -2.36. The van der Waals surface area contributed by atoms with Gasteiger partial charge in [0, 0.05) is 26.1 Å². The van der Waals surface area contributed by atoms with Gasteiger partial charge in [-0.25, -0.2) is 8.78 Å². The molecule has 2 fully saturated rings. The predicted octanol–water partition coefficient (Wildman–Crippen LogP) is 2.29. The maximum absolute atomic E-state index is 14.0. The van der Waals surface area contributed by atoms with Crippen LogP contribution >= 0.6 is 0 Å². The molecule has 0 aromatic heterocycles. The average molecular weight is 353 g/mol. The molecule has 3 heterocycles. The number of fused-ring (bicyclic) bond motifs is 1. The van der Waals surface area contributed by atoms with E-state index in [-0.39, 0.29) is 17.3 Å². The lowest BCUT2D eigenvalue weighted by atomic mass is 9.91. The summed E-state index contributed by atoms with van der Waals surface area (Å²) in [4.78, 5) is 13.6. The summed E-state index contributed by atoms with van der Waals surface area (Å²) in [7, 11) is 0.